The molecule has 0 heterocycles. The molecule has 4 nitrogen and oxygen atoms in total. The number of carbonyl (C=O) groups is 1. The number of urea groups is 1. The minimum atomic E-state index is -0.339. The summed E-state index contributed by atoms with van der Waals surface area (Å²) in [6.45, 7) is 1.72. The highest BCUT2D eigenvalue weighted by Crippen LogP contribution is 2.23. The summed E-state index contributed by atoms with van der Waals surface area (Å²) in [5, 5.41) is 15.1. The highest BCUT2D eigenvalue weighted by Gasteiger charge is 2.24. The van der Waals surface area contributed by atoms with Crippen molar-refractivity contribution in [1.82, 2.24) is 5.32 Å². The van der Waals surface area contributed by atoms with E-state index in [-0.39, 0.29) is 30.4 Å². The van der Waals surface area contributed by atoms with Gasteiger partial charge in [-0.3, -0.25) is 0 Å². The first kappa shape index (κ1) is 15.8. The van der Waals surface area contributed by atoms with Crippen molar-refractivity contribution in [2.45, 2.75) is 45.1 Å². The molecule has 0 spiro atoms. The number of anilines is 1. The minimum absolute atomic E-state index is 0.0219. The van der Waals surface area contributed by atoms with Gasteiger partial charge in [-0.25, -0.2) is 9.18 Å². The van der Waals surface area contributed by atoms with Crippen LogP contribution in [0.25, 0.3) is 0 Å². The van der Waals surface area contributed by atoms with E-state index in [0.29, 0.717) is 11.3 Å². The molecule has 2 amide bonds. The predicted molar refractivity (Wildman–Crippen MR) is 80.7 cm³/mol. The van der Waals surface area contributed by atoms with Crippen LogP contribution in [0.5, 0.6) is 0 Å². The molecule has 21 heavy (non-hydrogen) atoms. The zero-order chi connectivity index (χ0) is 15.2. The van der Waals surface area contributed by atoms with Gasteiger partial charge in [0.2, 0.25) is 0 Å². The molecule has 2 rings (SSSR count). The van der Waals surface area contributed by atoms with Crippen molar-refractivity contribution in [1.29, 1.82) is 0 Å². The molecular weight excluding hydrogens is 271 g/mol. The molecular formula is C16H23FN2O2. The third kappa shape index (κ3) is 4.17. The maximum absolute atomic E-state index is 13.5. The molecule has 0 aromatic heterocycles. The molecule has 116 valence electrons. The molecule has 1 aliphatic rings. The number of aliphatic hydroxyl groups is 1. The first-order chi connectivity index (χ1) is 10.1. The fourth-order valence-corrected chi connectivity index (χ4v) is 2.86. The Labute approximate surface area is 124 Å². The normalized spacial score (nSPS) is 22.4. The van der Waals surface area contributed by atoms with Crippen LogP contribution in [0.1, 0.15) is 37.7 Å². The van der Waals surface area contributed by atoms with Gasteiger partial charge in [-0.15, -0.1) is 0 Å². The fourth-order valence-electron chi connectivity index (χ4n) is 2.86. The van der Waals surface area contributed by atoms with E-state index in [2.05, 4.69) is 10.6 Å². The van der Waals surface area contributed by atoms with Crippen LogP contribution in [0.2, 0.25) is 0 Å². The molecule has 1 aliphatic carbocycles. The van der Waals surface area contributed by atoms with E-state index in [4.69, 9.17) is 0 Å². The van der Waals surface area contributed by atoms with Gasteiger partial charge in [0.1, 0.15) is 5.82 Å². The van der Waals surface area contributed by atoms with Gasteiger partial charge in [-0.05, 0) is 31.9 Å². The van der Waals surface area contributed by atoms with Gasteiger partial charge in [0.05, 0.1) is 0 Å². The summed E-state index contributed by atoms with van der Waals surface area (Å²) in [6.07, 6.45) is 5.09. The summed E-state index contributed by atoms with van der Waals surface area (Å²) in [5.74, 6) is -0.234. The Bertz CT molecular complexity index is 493. The van der Waals surface area contributed by atoms with E-state index in [9.17, 15) is 14.3 Å². The molecule has 1 aromatic rings. The number of carbonyl (C=O) groups excluding carboxylic acids is 1. The SMILES string of the molecule is Cc1c(F)cccc1NC(=O)NC1CCCCCC1CO. The van der Waals surface area contributed by atoms with Crippen LogP contribution in [0.4, 0.5) is 14.9 Å². The van der Waals surface area contributed by atoms with Crippen LogP contribution in [0.3, 0.4) is 0 Å². The van der Waals surface area contributed by atoms with Gasteiger partial charge in [-0.2, -0.15) is 0 Å². The molecule has 0 aliphatic heterocycles. The third-order valence-electron chi connectivity index (χ3n) is 4.23. The van der Waals surface area contributed by atoms with Crippen LogP contribution in [-0.4, -0.2) is 23.8 Å². The van der Waals surface area contributed by atoms with Crippen LogP contribution in [-0.2, 0) is 0 Å². The fraction of sp³-hybridized carbons (Fsp3) is 0.562. The van der Waals surface area contributed by atoms with Gasteiger partial charge >= 0.3 is 6.03 Å². The van der Waals surface area contributed by atoms with Crippen LogP contribution < -0.4 is 10.6 Å². The zero-order valence-corrected chi connectivity index (χ0v) is 12.4. The van der Waals surface area contributed by atoms with E-state index in [0.717, 1.165) is 32.1 Å². The summed E-state index contributed by atoms with van der Waals surface area (Å²) < 4.78 is 13.5. The Balaban J connectivity index is 1.98. The Hall–Kier alpha value is -1.62. The van der Waals surface area contributed by atoms with Crippen molar-refractivity contribution >= 4 is 11.7 Å². The Morgan fingerprint density at radius 3 is 2.86 bits per heavy atom. The summed E-state index contributed by atoms with van der Waals surface area (Å²) in [4.78, 5) is 12.1. The maximum Gasteiger partial charge on any atom is 0.319 e. The molecule has 1 fully saturated rings. The van der Waals surface area contributed by atoms with Crippen LogP contribution in [0, 0.1) is 18.7 Å². The number of benzene rings is 1. The largest absolute Gasteiger partial charge is 0.396 e. The lowest BCUT2D eigenvalue weighted by Gasteiger charge is -2.24. The topological polar surface area (TPSA) is 61.4 Å². The number of rotatable bonds is 3. The number of nitrogens with one attached hydrogen (secondary N) is 2. The summed E-state index contributed by atoms with van der Waals surface area (Å²) >= 11 is 0. The minimum Gasteiger partial charge on any atom is -0.396 e. The van der Waals surface area contributed by atoms with E-state index in [1.54, 1.807) is 19.1 Å². The average molecular weight is 294 g/mol. The number of hydrogen-bond acceptors (Lipinski definition) is 2. The van der Waals surface area contributed by atoms with Gasteiger partial charge in [0, 0.05) is 29.8 Å². The first-order valence-electron chi connectivity index (χ1n) is 7.55. The third-order valence-corrected chi connectivity index (χ3v) is 4.23. The summed E-state index contributed by atoms with van der Waals surface area (Å²) in [7, 11) is 0. The second-order valence-electron chi connectivity index (χ2n) is 5.70. The van der Waals surface area contributed by atoms with E-state index in [1.807, 2.05) is 0 Å². The Kier molecular flexibility index (Phi) is 5.56. The van der Waals surface area contributed by atoms with Crippen molar-refractivity contribution in [3.8, 4) is 0 Å². The smallest absolute Gasteiger partial charge is 0.319 e. The monoisotopic (exact) mass is 294 g/mol. The first-order valence-corrected chi connectivity index (χ1v) is 7.55. The number of aliphatic hydroxyl groups excluding tert-OH is 1. The van der Waals surface area contributed by atoms with Crippen molar-refractivity contribution in [3.05, 3.63) is 29.6 Å². The lowest BCUT2D eigenvalue weighted by Crippen LogP contribution is -2.43. The summed E-state index contributed by atoms with van der Waals surface area (Å²) in [5.41, 5.74) is 0.897. The molecule has 2 unspecified atom stereocenters. The molecule has 3 N–H and O–H groups in total. The number of hydrogen-bond donors (Lipinski definition) is 3. The average Bonchev–Trinajstić information content (AvgIpc) is 2.69. The van der Waals surface area contributed by atoms with Gasteiger partial charge in [0.15, 0.2) is 0 Å². The van der Waals surface area contributed by atoms with E-state index < -0.39 is 0 Å². The van der Waals surface area contributed by atoms with Crippen molar-refractivity contribution in [3.63, 3.8) is 0 Å². The van der Waals surface area contributed by atoms with Crippen LogP contribution in [0.15, 0.2) is 18.2 Å². The van der Waals surface area contributed by atoms with Crippen molar-refractivity contribution in [2.24, 2.45) is 5.92 Å². The highest BCUT2D eigenvalue weighted by molar-refractivity contribution is 5.90. The Morgan fingerprint density at radius 1 is 1.33 bits per heavy atom. The maximum atomic E-state index is 13.5. The van der Waals surface area contributed by atoms with Crippen molar-refractivity contribution < 1.29 is 14.3 Å². The van der Waals surface area contributed by atoms with Gasteiger partial charge in [0.25, 0.3) is 0 Å². The number of amides is 2. The van der Waals surface area contributed by atoms with E-state index in [1.165, 1.54) is 6.07 Å². The van der Waals surface area contributed by atoms with Gasteiger partial charge in [-0.1, -0.05) is 25.3 Å². The quantitative estimate of drug-likeness (QED) is 0.750. The second kappa shape index (κ2) is 7.41. The van der Waals surface area contributed by atoms with Crippen LogP contribution >= 0.6 is 0 Å². The lowest BCUT2D eigenvalue weighted by molar-refractivity contribution is 0.182. The van der Waals surface area contributed by atoms with Crippen molar-refractivity contribution in [2.75, 3.05) is 11.9 Å². The standard InChI is InChI=1S/C16H23FN2O2/c1-11-13(17)7-5-9-14(11)18-16(21)19-15-8-4-2-3-6-12(15)10-20/h5,7,9,12,15,20H,2-4,6,8,10H2,1H3,(H2,18,19,21). The summed E-state index contributed by atoms with van der Waals surface area (Å²) in [6, 6.07) is 4.25. The zero-order valence-electron chi connectivity index (χ0n) is 12.4. The molecule has 2 atom stereocenters. The molecule has 1 aromatic carbocycles. The molecule has 0 radical (unpaired) electrons. The second-order valence-corrected chi connectivity index (χ2v) is 5.70. The number of halogens is 1. The van der Waals surface area contributed by atoms with Gasteiger partial charge < -0.3 is 15.7 Å². The highest BCUT2D eigenvalue weighted by atomic mass is 19.1. The lowest BCUT2D eigenvalue weighted by atomic mass is 9.96. The molecule has 5 heteroatoms. The Morgan fingerprint density at radius 2 is 2.10 bits per heavy atom. The van der Waals surface area contributed by atoms with E-state index >= 15 is 0 Å². The molecule has 0 saturated heterocycles. The predicted octanol–water partition coefficient (Wildman–Crippen LogP) is 3.20. The molecule has 1 saturated carbocycles. The molecule has 0 bridgehead atoms.